The van der Waals surface area contributed by atoms with Crippen molar-refractivity contribution in [2.45, 2.75) is 31.8 Å². The molecule has 0 spiro atoms. The van der Waals surface area contributed by atoms with Crippen molar-refractivity contribution in [2.75, 3.05) is 5.73 Å². The van der Waals surface area contributed by atoms with E-state index < -0.39 is 0 Å². The van der Waals surface area contributed by atoms with E-state index in [9.17, 15) is 0 Å². The highest BCUT2D eigenvalue weighted by Crippen LogP contribution is 2.38. The summed E-state index contributed by atoms with van der Waals surface area (Å²) in [7, 11) is 0. The molecule has 1 atom stereocenters. The van der Waals surface area contributed by atoms with Crippen LogP contribution in [0.1, 0.15) is 35.7 Å². The van der Waals surface area contributed by atoms with Crippen molar-refractivity contribution in [2.24, 2.45) is 5.92 Å². The highest BCUT2D eigenvalue weighted by atomic mass is 79.9. The lowest BCUT2D eigenvalue weighted by Crippen LogP contribution is -2.31. The molecule has 0 radical (unpaired) electrons. The quantitative estimate of drug-likeness (QED) is 0.790. The first-order valence-corrected chi connectivity index (χ1v) is 8.52. The Morgan fingerprint density at radius 2 is 2.05 bits per heavy atom. The molecule has 3 nitrogen and oxygen atoms in total. The van der Waals surface area contributed by atoms with Crippen LogP contribution in [0.3, 0.4) is 0 Å². The number of hydrogen-bond acceptors (Lipinski definition) is 4. The van der Waals surface area contributed by atoms with E-state index in [2.05, 4.69) is 50.5 Å². The normalized spacial score (nSPS) is 16.0. The highest BCUT2D eigenvalue weighted by molar-refractivity contribution is 9.10. The Morgan fingerprint density at radius 1 is 1.33 bits per heavy atom. The third-order valence-corrected chi connectivity index (χ3v) is 5.27. The molecule has 1 aliphatic rings. The van der Waals surface area contributed by atoms with Crippen LogP contribution in [0.2, 0.25) is 0 Å². The Labute approximate surface area is 143 Å². The highest BCUT2D eigenvalue weighted by Gasteiger charge is 2.28. The second-order valence-corrected chi connectivity index (χ2v) is 7.33. The molecule has 0 bridgehead atoms. The van der Waals surface area contributed by atoms with Crippen LogP contribution in [0.15, 0.2) is 34.9 Å². The SMILES string of the molecule is Cl.Nc1ncc(CNC(c2ccc(Br)cc2)C2CCC2)s1. The van der Waals surface area contributed by atoms with Gasteiger partial charge < -0.3 is 11.1 Å². The van der Waals surface area contributed by atoms with Crippen molar-refractivity contribution < 1.29 is 0 Å². The molecule has 114 valence electrons. The Kier molecular flexibility index (Phi) is 6.05. The van der Waals surface area contributed by atoms with Crippen LogP contribution in [-0.4, -0.2) is 4.98 Å². The van der Waals surface area contributed by atoms with Crippen LogP contribution >= 0.6 is 39.7 Å². The van der Waals surface area contributed by atoms with Crippen molar-refractivity contribution in [3.05, 3.63) is 45.4 Å². The Balaban J connectivity index is 0.00000161. The van der Waals surface area contributed by atoms with E-state index in [4.69, 9.17) is 5.73 Å². The lowest BCUT2D eigenvalue weighted by Gasteiger charge is -2.34. The fraction of sp³-hybridized carbons (Fsp3) is 0.400. The van der Waals surface area contributed by atoms with Crippen LogP contribution < -0.4 is 11.1 Å². The number of halogens is 2. The molecule has 1 aromatic carbocycles. The number of nitrogens with two attached hydrogens (primary N) is 1. The van der Waals surface area contributed by atoms with Crippen LogP contribution in [0, 0.1) is 5.92 Å². The summed E-state index contributed by atoms with van der Waals surface area (Å²) in [5.74, 6) is 0.751. The summed E-state index contributed by atoms with van der Waals surface area (Å²) in [6, 6.07) is 9.09. The lowest BCUT2D eigenvalue weighted by molar-refractivity contribution is 0.230. The van der Waals surface area contributed by atoms with E-state index in [1.807, 2.05) is 6.20 Å². The zero-order chi connectivity index (χ0) is 13.9. The number of benzene rings is 1. The summed E-state index contributed by atoms with van der Waals surface area (Å²) in [4.78, 5) is 5.31. The predicted molar refractivity (Wildman–Crippen MR) is 94.8 cm³/mol. The summed E-state index contributed by atoms with van der Waals surface area (Å²) >= 11 is 5.06. The maximum absolute atomic E-state index is 5.68. The van der Waals surface area contributed by atoms with Gasteiger partial charge in [0.25, 0.3) is 0 Å². The second kappa shape index (κ2) is 7.58. The van der Waals surface area contributed by atoms with Crippen molar-refractivity contribution in [1.29, 1.82) is 0 Å². The van der Waals surface area contributed by atoms with E-state index in [1.165, 1.54) is 29.7 Å². The van der Waals surface area contributed by atoms with Gasteiger partial charge in [0.15, 0.2) is 5.13 Å². The molecular weight excluding hydrogens is 370 g/mol. The standard InChI is InChI=1S/C15H18BrN3S.ClH/c16-12-6-4-11(5-7-12)14(10-2-1-3-10)18-8-13-9-19-15(17)20-13;/h4-7,9-10,14,18H,1-3,8H2,(H2,17,19);1H. The van der Waals surface area contributed by atoms with Gasteiger partial charge in [-0.2, -0.15) is 0 Å². The van der Waals surface area contributed by atoms with E-state index in [1.54, 1.807) is 11.3 Å². The predicted octanol–water partition coefficient (Wildman–Crippen LogP) is 4.54. The van der Waals surface area contributed by atoms with Gasteiger partial charge in [-0.15, -0.1) is 23.7 Å². The Morgan fingerprint density at radius 3 is 2.57 bits per heavy atom. The minimum absolute atomic E-state index is 0. The topological polar surface area (TPSA) is 50.9 Å². The van der Waals surface area contributed by atoms with Crippen molar-refractivity contribution in [3.8, 4) is 0 Å². The Bertz CT molecular complexity index is 569. The number of rotatable bonds is 5. The van der Waals surface area contributed by atoms with Gasteiger partial charge in [0.05, 0.1) is 0 Å². The zero-order valence-corrected chi connectivity index (χ0v) is 14.8. The van der Waals surface area contributed by atoms with Crippen molar-refractivity contribution >= 4 is 44.8 Å². The minimum atomic E-state index is 0. The fourth-order valence-corrected chi connectivity index (χ4v) is 3.51. The molecule has 0 saturated heterocycles. The summed E-state index contributed by atoms with van der Waals surface area (Å²) in [5.41, 5.74) is 7.06. The maximum atomic E-state index is 5.68. The molecule has 0 aliphatic heterocycles. The molecule has 3 N–H and O–H groups in total. The van der Waals surface area contributed by atoms with E-state index in [-0.39, 0.29) is 12.4 Å². The summed E-state index contributed by atoms with van der Waals surface area (Å²) in [5, 5.41) is 4.33. The molecule has 6 heteroatoms. The zero-order valence-electron chi connectivity index (χ0n) is 11.6. The van der Waals surface area contributed by atoms with Crippen LogP contribution in [-0.2, 0) is 6.54 Å². The third-order valence-electron chi connectivity index (χ3n) is 3.92. The van der Waals surface area contributed by atoms with E-state index >= 15 is 0 Å². The number of nitrogen functional groups attached to an aromatic ring is 1. The van der Waals surface area contributed by atoms with Gasteiger partial charge in [0.2, 0.25) is 0 Å². The molecule has 1 aliphatic carbocycles. The molecular formula is C15H19BrClN3S. The van der Waals surface area contributed by atoms with Gasteiger partial charge in [0, 0.05) is 28.1 Å². The van der Waals surface area contributed by atoms with Crippen molar-refractivity contribution in [1.82, 2.24) is 10.3 Å². The number of anilines is 1. The van der Waals surface area contributed by atoms with Crippen molar-refractivity contribution in [3.63, 3.8) is 0 Å². The minimum Gasteiger partial charge on any atom is -0.375 e. The maximum Gasteiger partial charge on any atom is 0.180 e. The van der Waals surface area contributed by atoms with Gasteiger partial charge in [-0.3, -0.25) is 0 Å². The molecule has 3 rings (SSSR count). The molecule has 1 aromatic heterocycles. The summed E-state index contributed by atoms with van der Waals surface area (Å²) < 4.78 is 1.13. The first-order chi connectivity index (χ1) is 9.72. The van der Waals surface area contributed by atoms with E-state index in [0.717, 1.165) is 16.9 Å². The number of hydrogen-bond donors (Lipinski definition) is 2. The lowest BCUT2D eigenvalue weighted by atomic mass is 9.77. The average molecular weight is 389 g/mol. The van der Waals surface area contributed by atoms with Gasteiger partial charge in [0.1, 0.15) is 0 Å². The van der Waals surface area contributed by atoms with Gasteiger partial charge in [-0.25, -0.2) is 4.98 Å². The van der Waals surface area contributed by atoms with Gasteiger partial charge in [-0.05, 0) is 36.5 Å². The van der Waals surface area contributed by atoms with Crippen LogP contribution in [0.5, 0.6) is 0 Å². The second-order valence-electron chi connectivity index (χ2n) is 5.27. The monoisotopic (exact) mass is 387 g/mol. The van der Waals surface area contributed by atoms with Crippen LogP contribution in [0.4, 0.5) is 5.13 Å². The molecule has 1 saturated carbocycles. The smallest absolute Gasteiger partial charge is 0.180 e. The molecule has 0 amide bonds. The number of nitrogens with zero attached hydrogens (tertiary/aromatic N) is 1. The molecule has 1 heterocycles. The fourth-order valence-electron chi connectivity index (χ4n) is 2.61. The molecule has 1 unspecified atom stereocenters. The summed E-state index contributed by atoms with van der Waals surface area (Å²) in [6.07, 6.45) is 5.86. The van der Waals surface area contributed by atoms with E-state index in [0.29, 0.717) is 11.2 Å². The van der Waals surface area contributed by atoms with Gasteiger partial charge in [-0.1, -0.05) is 34.5 Å². The average Bonchev–Trinajstić information content (AvgIpc) is 2.79. The summed E-state index contributed by atoms with van der Waals surface area (Å²) in [6.45, 7) is 0.839. The number of thiazole rings is 1. The molecule has 2 aromatic rings. The Hall–Kier alpha value is -0.620. The van der Waals surface area contributed by atoms with Gasteiger partial charge >= 0.3 is 0 Å². The molecule has 21 heavy (non-hydrogen) atoms. The molecule has 1 fully saturated rings. The van der Waals surface area contributed by atoms with Crippen LogP contribution in [0.25, 0.3) is 0 Å². The largest absolute Gasteiger partial charge is 0.375 e. The number of aromatic nitrogens is 1. The first kappa shape index (κ1) is 16.7. The first-order valence-electron chi connectivity index (χ1n) is 6.91. The number of nitrogens with one attached hydrogen (secondary N) is 1. The third kappa shape index (κ3) is 4.19.